The van der Waals surface area contributed by atoms with Crippen molar-refractivity contribution >= 4 is 50.2 Å². The van der Waals surface area contributed by atoms with E-state index in [0.717, 1.165) is 15.7 Å². The molecule has 1 amide bonds. The second kappa shape index (κ2) is 7.84. The molecule has 0 unspecified atom stereocenters. The van der Waals surface area contributed by atoms with Crippen LogP contribution in [-0.2, 0) is 10.5 Å². The number of amides is 1. The molecule has 0 aliphatic heterocycles. The molecule has 5 nitrogen and oxygen atoms in total. The van der Waals surface area contributed by atoms with Gasteiger partial charge in [0.05, 0.1) is 11.3 Å². The van der Waals surface area contributed by atoms with Gasteiger partial charge in [0.25, 0.3) is 5.91 Å². The Balaban J connectivity index is 1.62. The van der Waals surface area contributed by atoms with Crippen LogP contribution in [0.2, 0.25) is 0 Å². The first-order valence-electron chi connectivity index (χ1n) is 7.61. The molecule has 3 aromatic rings. The number of aryl methyl sites for hydroxylation is 1. The molecular formula is C18H16BrN3O2S. The summed E-state index contributed by atoms with van der Waals surface area (Å²) in [5.74, 6) is 0.551. The van der Waals surface area contributed by atoms with Gasteiger partial charge < -0.3 is 10.1 Å². The van der Waals surface area contributed by atoms with Gasteiger partial charge in [-0.3, -0.25) is 4.79 Å². The zero-order valence-electron chi connectivity index (χ0n) is 13.5. The summed E-state index contributed by atoms with van der Waals surface area (Å²) in [6, 6.07) is 13.7. The largest absolute Gasteiger partial charge is 0.493 e. The monoisotopic (exact) mass is 417 g/mol. The number of hydrogen-bond donors (Lipinski definition) is 2. The van der Waals surface area contributed by atoms with Gasteiger partial charge in [-0.1, -0.05) is 45.8 Å². The summed E-state index contributed by atoms with van der Waals surface area (Å²) >= 11 is 4.87. The molecule has 128 valence electrons. The molecule has 7 heteroatoms. The molecule has 0 spiro atoms. The van der Waals surface area contributed by atoms with Crippen molar-refractivity contribution in [3.63, 3.8) is 0 Å². The van der Waals surface area contributed by atoms with Crippen LogP contribution in [0.25, 0.3) is 10.9 Å². The van der Waals surface area contributed by atoms with Crippen molar-refractivity contribution in [3.8, 4) is 5.88 Å². The Kier molecular flexibility index (Phi) is 5.55. The number of nitrogens with one attached hydrogen (secondary N) is 1. The molecule has 1 aromatic heterocycles. The van der Waals surface area contributed by atoms with Crippen LogP contribution in [0.3, 0.4) is 0 Å². The van der Waals surface area contributed by atoms with E-state index in [1.165, 1.54) is 22.9 Å². The van der Waals surface area contributed by atoms with Crippen molar-refractivity contribution in [1.82, 2.24) is 4.98 Å². The Morgan fingerprint density at radius 3 is 2.76 bits per heavy atom. The predicted octanol–water partition coefficient (Wildman–Crippen LogP) is 5.49. The summed E-state index contributed by atoms with van der Waals surface area (Å²) in [7, 11) is 0. The molecule has 0 fully saturated rings. The van der Waals surface area contributed by atoms with Crippen LogP contribution >= 0.6 is 27.7 Å². The van der Waals surface area contributed by atoms with Crippen LogP contribution in [0.1, 0.15) is 11.1 Å². The van der Waals surface area contributed by atoms with Crippen LogP contribution in [0.4, 0.5) is 5.69 Å². The Labute approximate surface area is 157 Å². The van der Waals surface area contributed by atoms with Gasteiger partial charge in [-0.25, -0.2) is 0 Å². The highest BCUT2D eigenvalue weighted by Crippen LogP contribution is 2.36. The topological polar surface area (TPSA) is 77.8 Å². The summed E-state index contributed by atoms with van der Waals surface area (Å²) in [4.78, 5) is 14.7. The second-order valence-electron chi connectivity index (χ2n) is 5.58. The molecule has 0 atom stereocenters. The molecular weight excluding hydrogens is 402 g/mol. The van der Waals surface area contributed by atoms with Gasteiger partial charge in [-0.05, 0) is 30.7 Å². The van der Waals surface area contributed by atoms with Crippen molar-refractivity contribution < 1.29 is 9.90 Å². The van der Waals surface area contributed by atoms with E-state index in [9.17, 15) is 9.90 Å². The molecule has 0 saturated carbocycles. The first-order chi connectivity index (χ1) is 12.0. The lowest BCUT2D eigenvalue weighted by Crippen LogP contribution is -1.96. The summed E-state index contributed by atoms with van der Waals surface area (Å²) < 4.78 is 0.857. The lowest BCUT2D eigenvalue weighted by molar-refractivity contribution is -0.115. The minimum absolute atomic E-state index is 0.100. The lowest BCUT2D eigenvalue weighted by atomic mass is 10.2. The summed E-state index contributed by atoms with van der Waals surface area (Å²) in [6.45, 7) is 2.04. The third kappa shape index (κ3) is 4.49. The second-order valence-corrected chi connectivity index (χ2v) is 7.49. The number of thioether (sulfide) groups is 1. The zero-order chi connectivity index (χ0) is 17.8. The number of halogens is 1. The number of benzene rings is 2. The first kappa shape index (κ1) is 17.7. The minimum Gasteiger partial charge on any atom is -0.493 e. The molecule has 0 aliphatic rings. The predicted molar refractivity (Wildman–Crippen MR) is 105 cm³/mol. The van der Waals surface area contributed by atoms with Crippen molar-refractivity contribution in [2.45, 2.75) is 12.7 Å². The average molecular weight is 418 g/mol. The maximum atomic E-state index is 11.9. The molecule has 0 aliphatic carbocycles. The van der Waals surface area contributed by atoms with E-state index in [4.69, 9.17) is 0 Å². The fourth-order valence-corrected chi connectivity index (χ4v) is 3.44. The van der Waals surface area contributed by atoms with Gasteiger partial charge in [-0.15, -0.1) is 22.0 Å². The highest BCUT2D eigenvalue weighted by atomic mass is 79.9. The Bertz CT molecular complexity index is 935. The number of aromatic hydroxyl groups is 1. The number of fused-ring (bicyclic) bond motifs is 1. The van der Waals surface area contributed by atoms with Crippen molar-refractivity contribution in [3.05, 3.63) is 58.1 Å². The summed E-state index contributed by atoms with van der Waals surface area (Å²) in [5, 5.41) is 18.3. The third-order valence-corrected chi connectivity index (χ3v) is 5.07. The summed E-state index contributed by atoms with van der Waals surface area (Å²) in [6.07, 6.45) is 0. The van der Waals surface area contributed by atoms with Crippen molar-refractivity contribution in [2.75, 3.05) is 5.75 Å². The number of azo groups is 1. The normalized spacial score (nSPS) is 11.4. The van der Waals surface area contributed by atoms with Crippen LogP contribution in [-0.4, -0.2) is 21.8 Å². The Hall–Kier alpha value is -2.12. The van der Waals surface area contributed by atoms with Crippen LogP contribution in [0.5, 0.6) is 5.88 Å². The minimum atomic E-state index is -0.333. The van der Waals surface area contributed by atoms with Crippen LogP contribution in [0.15, 0.2) is 57.2 Å². The fraction of sp³-hybridized carbons (Fsp3) is 0.167. The number of aromatic amines is 1. The SMILES string of the molecule is Cc1ccc(CSCC(=O)N=Nc2c(O)[nH]c3ccc(Br)cc23)cc1. The maximum Gasteiger partial charge on any atom is 0.274 e. The highest BCUT2D eigenvalue weighted by molar-refractivity contribution is 9.10. The molecule has 2 aromatic carbocycles. The van der Waals surface area contributed by atoms with Crippen molar-refractivity contribution in [2.24, 2.45) is 10.2 Å². The molecule has 25 heavy (non-hydrogen) atoms. The zero-order valence-corrected chi connectivity index (χ0v) is 15.9. The van der Waals surface area contributed by atoms with Gasteiger partial charge in [0.15, 0.2) is 5.69 Å². The first-order valence-corrected chi connectivity index (χ1v) is 9.56. The number of carbonyl (C=O) groups is 1. The number of H-pyrrole nitrogens is 1. The fourth-order valence-electron chi connectivity index (χ4n) is 2.31. The van der Waals surface area contributed by atoms with E-state index in [-0.39, 0.29) is 23.2 Å². The average Bonchev–Trinajstić information content (AvgIpc) is 2.89. The standard InChI is InChI=1S/C18H16BrN3O2S/c1-11-2-4-12(5-3-11)9-25-10-16(23)21-22-17-14-8-13(19)6-7-15(14)20-18(17)24/h2-8,20,24H,9-10H2,1H3. The quantitative estimate of drug-likeness (QED) is 0.538. The van der Waals surface area contributed by atoms with Gasteiger partial charge in [0.2, 0.25) is 5.88 Å². The van der Waals surface area contributed by atoms with Gasteiger partial charge in [-0.2, -0.15) is 0 Å². The van der Waals surface area contributed by atoms with E-state index < -0.39 is 0 Å². The number of carbonyl (C=O) groups excluding carboxylic acids is 1. The molecule has 0 radical (unpaired) electrons. The van der Waals surface area contributed by atoms with E-state index in [1.54, 1.807) is 0 Å². The Morgan fingerprint density at radius 2 is 2.00 bits per heavy atom. The van der Waals surface area contributed by atoms with Gasteiger partial charge >= 0.3 is 0 Å². The molecule has 0 bridgehead atoms. The summed E-state index contributed by atoms with van der Waals surface area (Å²) in [5.41, 5.74) is 3.38. The highest BCUT2D eigenvalue weighted by Gasteiger charge is 2.11. The number of hydrogen-bond acceptors (Lipinski definition) is 4. The van der Waals surface area contributed by atoms with Crippen LogP contribution in [0, 0.1) is 6.92 Å². The smallest absolute Gasteiger partial charge is 0.274 e. The third-order valence-electron chi connectivity index (χ3n) is 3.59. The lowest BCUT2D eigenvalue weighted by Gasteiger charge is -2.00. The number of aromatic nitrogens is 1. The number of rotatable bonds is 5. The van der Waals surface area contributed by atoms with Crippen LogP contribution < -0.4 is 0 Å². The molecule has 2 N–H and O–H groups in total. The molecule has 1 heterocycles. The van der Waals surface area contributed by atoms with E-state index in [0.29, 0.717) is 5.39 Å². The Morgan fingerprint density at radius 1 is 1.24 bits per heavy atom. The molecule has 3 rings (SSSR count). The number of nitrogens with zero attached hydrogens (tertiary/aromatic N) is 2. The van der Waals surface area contributed by atoms with Gasteiger partial charge in [0.1, 0.15) is 0 Å². The van der Waals surface area contributed by atoms with Crippen molar-refractivity contribution in [1.29, 1.82) is 0 Å². The maximum absolute atomic E-state index is 11.9. The van der Waals surface area contributed by atoms with E-state index in [2.05, 4.69) is 55.4 Å². The molecule has 0 saturated heterocycles. The van der Waals surface area contributed by atoms with E-state index >= 15 is 0 Å². The van der Waals surface area contributed by atoms with E-state index in [1.807, 2.05) is 25.1 Å². The van der Waals surface area contributed by atoms with Gasteiger partial charge in [0, 0.05) is 15.6 Å².